The average Bonchev–Trinajstić information content (AvgIpc) is 2.54. The Balaban J connectivity index is 0.000000980. The second kappa shape index (κ2) is 5.38. The molecule has 1 radical (unpaired) electrons. The van der Waals surface area contributed by atoms with E-state index in [0.717, 1.165) is 13.1 Å². The van der Waals surface area contributed by atoms with Gasteiger partial charge in [-0.3, -0.25) is 4.90 Å². The summed E-state index contributed by atoms with van der Waals surface area (Å²) in [4.78, 5) is 2.70. The van der Waals surface area contributed by atoms with E-state index in [-0.39, 0.29) is 32.7 Å². The summed E-state index contributed by atoms with van der Waals surface area (Å²) in [5.74, 6) is 0. The minimum atomic E-state index is 0. The maximum atomic E-state index is 4.55. The van der Waals surface area contributed by atoms with Crippen LogP contribution < -0.4 is 0 Å². The van der Waals surface area contributed by atoms with Crippen LogP contribution in [0.15, 0.2) is 0 Å². The van der Waals surface area contributed by atoms with Crippen molar-refractivity contribution < 1.29 is 32.7 Å². The molecule has 2 fully saturated rings. The number of likely N-dealkylation sites (tertiary alicyclic amines) is 1. The van der Waals surface area contributed by atoms with Gasteiger partial charge in [-0.25, -0.2) is 0 Å². The molecule has 0 saturated carbocycles. The van der Waals surface area contributed by atoms with Gasteiger partial charge < -0.3 is 5.32 Å². The summed E-state index contributed by atoms with van der Waals surface area (Å²) in [6, 6.07) is 0.702. The van der Waals surface area contributed by atoms with Crippen LogP contribution in [0.2, 0.25) is 0 Å². The molecular formula is C11H21N2Y-. The monoisotopic (exact) mass is 270 g/mol. The van der Waals surface area contributed by atoms with Gasteiger partial charge in [0.1, 0.15) is 0 Å². The van der Waals surface area contributed by atoms with Crippen LogP contribution in [0.3, 0.4) is 0 Å². The summed E-state index contributed by atoms with van der Waals surface area (Å²) in [7, 11) is 0. The van der Waals surface area contributed by atoms with Gasteiger partial charge >= 0.3 is 0 Å². The Morgan fingerprint density at radius 3 is 2.57 bits per heavy atom. The average molecular weight is 270 g/mol. The van der Waals surface area contributed by atoms with Crippen molar-refractivity contribution in [2.45, 2.75) is 51.1 Å². The third kappa shape index (κ3) is 2.40. The fourth-order valence-electron chi connectivity index (χ4n) is 3.01. The molecule has 0 aliphatic carbocycles. The normalized spacial score (nSPS) is 33.6. The van der Waals surface area contributed by atoms with E-state index in [4.69, 9.17) is 0 Å². The van der Waals surface area contributed by atoms with Gasteiger partial charge in [-0.1, -0.05) is 12.8 Å². The van der Waals surface area contributed by atoms with E-state index in [1.54, 1.807) is 0 Å². The molecule has 1 unspecified atom stereocenters. The summed E-state index contributed by atoms with van der Waals surface area (Å²) in [6.07, 6.45) is 5.50. The van der Waals surface area contributed by atoms with E-state index in [1.807, 2.05) is 0 Å². The first-order valence-electron chi connectivity index (χ1n) is 5.65. The van der Waals surface area contributed by atoms with Gasteiger partial charge in [0, 0.05) is 44.3 Å². The van der Waals surface area contributed by atoms with Gasteiger partial charge in [-0.2, -0.15) is 0 Å². The van der Waals surface area contributed by atoms with E-state index >= 15 is 0 Å². The van der Waals surface area contributed by atoms with Crippen LogP contribution in [0, 0.1) is 0 Å². The Labute approximate surface area is 113 Å². The van der Waals surface area contributed by atoms with Gasteiger partial charge in [0.15, 0.2) is 0 Å². The predicted molar refractivity (Wildman–Crippen MR) is 56.1 cm³/mol. The topological polar surface area (TPSA) is 17.3 Å². The van der Waals surface area contributed by atoms with E-state index in [1.165, 1.54) is 32.2 Å². The Kier molecular flexibility index (Phi) is 5.03. The van der Waals surface area contributed by atoms with Gasteiger partial charge in [-0.15, -0.1) is 13.1 Å². The molecule has 3 heteroatoms. The van der Waals surface area contributed by atoms with Gasteiger partial charge in [0.05, 0.1) is 0 Å². The number of rotatable bonds is 1. The number of hydrogen-bond donors (Lipinski definition) is 0. The van der Waals surface area contributed by atoms with Crippen molar-refractivity contribution in [3.8, 4) is 0 Å². The van der Waals surface area contributed by atoms with E-state index < -0.39 is 0 Å². The SMILES string of the molecule is CC(C)N1CCCCC12CC[N-]C2.[Y]. The first-order chi connectivity index (χ1) is 6.25. The molecule has 14 heavy (non-hydrogen) atoms. The Morgan fingerprint density at radius 2 is 2.00 bits per heavy atom. The third-order valence-corrected chi connectivity index (χ3v) is 3.67. The number of hydrogen-bond acceptors (Lipinski definition) is 1. The fraction of sp³-hybridized carbons (Fsp3) is 1.00. The van der Waals surface area contributed by atoms with Crippen LogP contribution in [0.1, 0.15) is 39.5 Å². The molecule has 2 aliphatic heterocycles. The Bertz CT molecular complexity index is 176. The first-order valence-corrected chi connectivity index (χ1v) is 5.65. The van der Waals surface area contributed by atoms with Gasteiger partial charge in [0.25, 0.3) is 0 Å². The molecule has 2 aliphatic rings. The second-order valence-electron chi connectivity index (χ2n) is 4.82. The third-order valence-electron chi connectivity index (χ3n) is 3.67. The predicted octanol–water partition coefficient (Wildman–Crippen LogP) is 2.39. The maximum absolute atomic E-state index is 4.55. The number of nitrogens with zero attached hydrogens (tertiary/aromatic N) is 2. The minimum Gasteiger partial charge on any atom is -0.661 e. The molecule has 0 aromatic heterocycles. The Hall–Kier alpha value is 1.02. The van der Waals surface area contributed by atoms with Crippen molar-refractivity contribution in [2.75, 3.05) is 19.6 Å². The zero-order valence-corrected chi connectivity index (χ0v) is 12.3. The van der Waals surface area contributed by atoms with Gasteiger partial charge in [0.2, 0.25) is 0 Å². The zero-order valence-electron chi connectivity index (χ0n) is 9.50. The second-order valence-corrected chi connectivity index (χ2v) is 4.82. The van der Waals surface area contributed by atoms with E-state index in [9.17, 15) is 0 Å². The molecule has 1 atom stereocenters. The smallest absolute Gasteiger partial charge is 0.00434 e. The van der Waals surface area contributed by atoms with Crippen LogP contribution in [0.5, 0.6) is 0 Å². The van der Waals surface area contributed by atoms with E-state index in [0.29, 0.717) is 11.6 Å². The van der Waals surface area contributed by atoms with Crippen LogP contribution in [0.4, 0.5) is 0 Å². The molecule has 1 spiro atoms. The van der Waals surface area contributed by atoms with Crippen molar-refractivity contribution >= 4 is 0 Å². The van der Waals surface area contributed by atoms with Crippen molar-refractivity contribution in [3.63, 3.8) is 0 Å². The molecule has 2 saturated heterocycles. The summed E-state index contributed by atoms with van der Waals surface area (Å²) >= 11 is 0. The van der Waals surface area contributed by atoms with Crippen LogP contribution in [-0.4, -0.2) is 36.1 Å². The minimum absolute atomic E-state index is 0. The van der Waals surface area contributed by atoms with Crippen LogP contribution in [-0.2, 0) is 32.7 Å². The first kappa shape index (κ1) is 13.1. The molecule has 2 heterocycles. The van der Waals surface area contributed by atoms with Crippen molar-refractivity contribution in [2.24, 2.45) is 0 Å². The maximum Gasteiger partial charge on any atom is 0.00434 e. The number of piperidine rings is 1. The van der Waals surface area contributed by atoms with Crippen LogP contribution in [0.25, 0.3) is 5.32 Å². The van der Waals surface area contributed by atoms with Crippen molar-refractivity contribution in [1.29, 1.82) is 0 Å². The summed E-state index contributed by atoms with van der Waals surface area (Å²) in [6.45, 7) is 8.15. The molecule has 0 aromatic carbocycles. The summed E-state index contributed by atoms with van der Waals surface area (Å²) in [5.41, 5.74) is 0.479. The molecule has 2 rings (SSSR count). The van der Waals surface area contributed by atoms with Gasteiger partial charge in [-0.05, 0) is 33.2 Å². The van der Waals surface area contributed by atoms with Crippen molar-refractivity contribution in [1.82, 2.24) is 4.90 Å². The molecule has 0 amide bonds. The molecule has 0 aromatic rings. The summed E-state index contributed by atoms with van der Waals surface area (Å²) in [5, 5.41) is 4.55. The summed E-state index contributed by atoms with van der Waals surface area (Å²) < 4.78 is 0. The molecular weight excluding hydrogens is 249 g/mol. The largest absolute Gasteiger partial charge is 0.661 e. The zero-order chi connectivity index (χ0) is 9.31. The molecule has 2 nitrogen and oxygen atoms in total. The molecule has 0 bridgehead atoms. The standard InChI is InChI=1S/C11H21N2.Y/c1-10(2)13-8-4-3-5-11(13)6-7-12-9-11;/h10H,3-9H2,1-2H3;/q-1;. The van der Waals surface area contributed by atoms with Crippen molar-refractivity contribution in [3.05, 3.63) is 5.32 Å². The fourth-order valence-corrected chi connectivity index (χ4v) is 3.01. The molecule has 79 valence electrons. The van der Waals surface area contributed by atoms with E-state index in [2.05, 4.69) is 24.1 Å². The molecule has 0 N–H and O–H groups in total. The quantitative estimate of drug-likeness (QED) is 0.715. The Morgan fingerprint density at radius 1 is 1.21 bits per heavy atom. The van der Waals surface area contributed by atoms with Crippen LogP contribution >= 0.6 is 0 Å².